The van der Waals surface area contributed by atoms with Crippen molar-refractivity contribution in [3.8, 4) is 0 Å². The average Bonchev–Trinajstić information content (AvgIpc) is 2.96. The maximum atomic E-state index is 13.0. The highest BCUT2D eigenvalue weighted by molar-refractivity contribution is 8.04. The molecule has 2 heterocycles. The Balaban J connectivity index is 2.11. The van der Waals surface area contributed by atoms with E-state index in [1.165, 1.54) is 23.6 Å². The Morgan fingerprint density at radius 3 is 2.29 bits per heavy atom. The Morgan fingerprint density at radius 2 is 1.77 bits per heavy atom. The predicted octanol–water partition coefficient (Wildman–Crippen LogP) is 4.29. The van der Waals surface area contributed by atoms with Gasteiger partial charge in [0.1, 0.15) is 12.3 Å². The molecule has 1 fully saturated rings. The third-order valence-corrected chi connectivity index (χ3v) is 11.9. The standard InChI is InChI=1S/C22H37NO6SSi/c1-13(2)11-28-21(26)18-17(12-27-15(4)24)30-20-16(19(25)23(18)20)10-14(3)29-31(8,9)22(5,6)7/h13-14,16,20H,10-12H2,1-9H3/t14-,16?,20?/m1/s1. The minimum atomic E-state index is -1.94. The summed E-state index contributed by atoms with van der Waals surface area (Å²) in [6.07, 6.45) is 0.528. The number of esters is 2. The SMILES string of the molecule is CC(=O)OCC1=C(C(=O)OCC(C)C)N2C(=O)C(C[C@@H](C)O[Si](C)(C)C(C)(C)C)C2S1. The smallest absolute Gasteiger partial charge is 0.356 e. The first-order valence-electron chi connectivity index (χ1n) is 10.9. The summed E-state index contributed by atoms with van der Waals surface area (Å²) in [5, 5.41) is -0.101. The molecule has 176 valence electrons. The van der Waals surface area contributed by atoms with E-state index >= 15 is 0 Å². The van der Waals surface area contributed by atoms with Gasteiger partial charge in [-0.3, -0.25) is 14.5 Å². The highest BCUT2D eigenvalue weighted by Gasteiger charge is 2.56. The van der Waals surface area contributed by atoms with Crippen molar-refractivity contribution in [1.82, 2.24) is 4.90 Å². The van der Waals surface area contributed by atoms with E-state index in [0.717, 1.165) is 0 Å². The molecule has 1 saturated heterocycles. The second-order valence-electron chi connectivity index (χ2n) is 10.3. The molecule has 2 aliphatic heterocycles. The first kappa shape index (κ1) is 25.9. The lowest BCUT2D eigenvalue weighted by atomic mass is 9.91. The third-order valence-electron chi connectivity index (χ3n) is 5.96. The molecule has 0 spiro atoms. The Kier molecular flexibility index (Phi) is 8.08. The van der Waals surface area contributed by atoms with Gasteiger partial charge in [0.25, 0.3) is 0 Å². The number of β-lactam (4-membered cyclic amide) rings is 1. The van der Waals surface area contributed by atoms with E-state index in [1.54, 1.807) is 0 Å². The maximum absolute atomic E-state index is 13.0. The van der Waals surface area contributed by atoms with Gasteiger partial charge in [-0.25, -0.2) is 4.79 Å². The Bertz CT molecular complexity index is 758. The van der Waals surface area contributed by atoms with Gasteiger partial charge in [0.05, 0.1) is 22.8 Å². The minimum Gasteiger partial charge on any atom is -0.461 e. The van der Waals surface area contributed by atoms with Crippen molar-refractivity contribution >= 4 is 37.9 Å². The number of nitrogens with zero attached hydrogens (tertiary/aromatic N) is 1. The number of thioether (sulfide) groups is 1. The van der Waals surface area contributed by atoms with Crippen LogP contribution in [0.15, 0.2) is 10.6 Å². The van der Waals surface area contributed by atoms with E-state index in [9.17, 15) is 14.4 Å². The molecule has 0 saturated carbocycles. The molecular weight excluding hydrogens is 434 g/mol. The van der Waals surface area contributed by atoms with Gasteiger partial charge in [0.15, 0.2) is 8.32 Å². The van der Waals surface area contributed by atoms with Crippen molar-refractivity contribution in [2.45, 2.75) is 84.5 Å². The van der Waals surface area contributed by atoms with Gasteiger partial charge in [-0.2, -0.15) is 0 Å². The molecule has 0 N–H and O–H groups in total. The summed E-state index contributed by atoms with van der Waals surface area (Å²) in [7, 11) is -1.94. The van der Waals surface area contributed by atoms with Crippen LogP contribution in [0.5, 0.6) is 0 Å². The van der Waals surface area contributed by atoms with Crippen LogP contribution in [-0.4, -0.2) is 55.8 Å². The van der Waals surface area contributed by atoms with Crippen LogP contribution in [-0.2, 0) is 28.3 Å². The fourth-order valence-corrected chi connectivity index (χ4v) is 6.20. The zero-order valence-corrected chi connectivity index (χ0v) is 22.1. The van der Waals surface area contributed by atoms with Crippen molar-refractivity contribution in [2.75, 3.05) is 13.2 Å². The Hall–Kier alpha value is -1.32. The molecule has 0 bridgehead atoms. The molecule has 7 nitrogen and oxygen atoms in total. The molecule has 1 amide bonds. The fraction of sp³-hybridized carbons (Fsp3) is 0.773. The van der Waals surface area contributed by atoms with E-state index in [2.05, 4.69) is 33.9 Å². The number of hydrogen-bond acceptors (Lipinski definition) is 7. The lowest BCUT2D eigenvalue weighted by molar-refractivity contribution is -0.155. The maximum Gasteiger partial charge on any atom is 0.356 e. The summed E-state index contributed by atoms with van der Waals surface area (Å²) in [6, 6.07) is 0. The molecule has 9 heteroatoms. The van der Waals surface area contributed by atoms with Gasteiger partial charge >= 0.3 is 11.9 Å². The van der Waals surface area contributed by atoms with Crippen molar-refractivity contribution in [1.29, 1.82) is 0 Å². The second kappa shape index (κ2) is 9.66. The van der Waals surface area contributed by atoms with Crippen molar-refractivity contribution in [3.63, 3.8) is 0 Å². The van der Waals surface area contributed by atoms with Gasteiger partial charge in [-0.15, -0.1) is 0 Å². The first-order chi connectivity index (χ1) is 14.2. The first-order valence-corrected chi connectivity index (χ1v) is 14.7. The summed E-state index contributed by atoms with van der Waals surface area (Å²) in [5.41, 5.74) is 0.219. The van der Waals surface area contributed by atoms with Crippen LogP contribution in [0.3, 0.4) is 0 Å². The Morgan fingerprint density at radius 1 is 1.16 bits per heavy atom. The van der Waals surface area contributed by atoms with Crippen LogP contribution in [0, 0.1) is 11.8 Å². The number of hydrogen-bond donors (Lipinski definition) is 0. The predicted molar refractivity (Wildman–Crippen MR) is 124 cm³/mol. The van der Waals surface area contributed by atoms with Crippen molar-refractivity contribution < 1.29 is 28.3 Å². The van der Waals surface area contributed by atoms with E-state index in [0.29, 0.717) is 11.3 Å². The van der Waals surface area contributed by atoms with Crippen LogP contribution >= 0.6 is 11.8 Å². The lowest BCUT2D eigenvalue weighted by Crippen LogP contribution is -2.58. The molecule has 0 radical (unpaired) electrons. The summed E-state index contributed by atoms with van der Waals surface area (Å²) < 4.78 is 16.9. The highest BCUT2D eigenvalue weighted by Crippen LogP contribution is 2.51. The second-order valence-corrected chi connectivity index (χ2v) is 16.3. The zero-order chi connectivity index (χ0) is 23.7. The van der Waals surface area contributed by atoms with Crippen LogP contribution < -0.4 is 0 Å². The van der Waals surface area contributed by atoms with Crippen molar-refractivity contribution in [2.24, 2.45) is 11.8 Å². The van der Waals surface area contributed by atoms with Crippen LogP contribution in [0.2, 0.25) is 18.1 Å². The van der Waals surface area contributed by atoms with Gasteiger partial charge in [0, 0.05) is 13.0 Å². The van der Waals surface area contributed by atoms with Crippen LogP contribution in [0.1, 0.15) is 54.9 Å². The van der Waals surface area contributed by atoms with Crippen LogP contribution in [0.25, 0.3) is 0 Å². The molecule has 0 aromatic carbocycles. The summed E-state index contributed by atoms with van der Waals surface area (Å²) in [5.74, 6) is -1.13. The quantitative estimate of drug-likeness (QED) is 0.282. The van der Waals surface area contributed by atoms with Gasteiger partial charge < -0.3 is 13.9 Å². The van der Waals surface area contributed by atoms with Gasteiger partial charge in [-0.1, -0.05) is 46.4 Å². The minimum absolute atomic E-state index is 0.0326. The molecule has 31 heavy (non-hydrogen) atoms. The van der Waals surface area contributed by atoms with Crippen molar-refractivity contribution in [3.05, 3.63) is 10.6 Å². The normalized spacial score (nSPS) is 22.4. The number of fused-ring (bicyclic) bond motifs is 1. The molecule has 3 atom stereocenters. The van der Waals surface area contributed by atoms with E-state index in [4.69, 9.17) is 13.9 Å². The van der Waals surface area contributed by atoms with Gasteiger partial charge in [0.2, 0.25) is 5.91 Å². The molecule has 2 unspecified atom stereocenters. The molecule has 2 rings (SSSR count). The molecule has 2 aliphatic rings. The van der Waals surface area contributed by atoms with E-state index in [-0.39, 0.29) is 53.2 Å². The summed E-state index contributed by atoms with van der Waals surface area (Å²) >= 11 is 1.41. The number of carbonyl (C=O) groups is 3. The monoisotopic (exact) mass is 471 g/mol. The number of amides is 1. The summed E-state index contributed by atoms with van der Waals surface area (Å²) in [4.78, 5) is 39.1. The largest absolute Gasteiger partial charge is 0.461 e. The topological polar surface area (TPSA) is 82.1 Å². The molecular formula is C22H37NO6SSi. The van der Waals surface area contributed by atoms with E-state index in [1.807, 2.05) is 20.8 Å². The van der Waals surface area contributed by atoms with Crippen LogP contribution in [0.4, 0.5) is 0 Å². The lowest BCUT2D eigenvalue weighted by Gasteiger charge is -2.45. The van der Waals surface area contributed by atoms with Gasteiger partial charge in [-0.05, 0) is 37.4 Å². The number of ether oxygens (including phenoxy) is 2. The van der Waals surface area contributed by atoms with E-state index < -0.39 is 20.3 Å². The number of carbonyl (C=O) groups excluding carboxylic acids is 3. The zero-order valence-electron chi connectivity index (χ0n) is 20.2. The summed E-state index contributed by atoms with van der Waals surface area (Å²) in [6.45, 7) is 18.4. The molecule has 0 aromatic rings. The number of rotatable bonds is 9. The fourth-order valence-electron chi connectivity index (χ4n) is 3.33. The molecule has 0 aromatic heterocycles. The average molecular weight is 472 g/mol. The Labute approximate surface area is 191 Å². The third kappa shape index (κ3) is 5.93. The highest BCUT2D eigenvalue weighted by atomic mass is 32.2. The molecule has 0 aliphatic carbocycles.